The van der Waals surface area contributed by atoms with Crippen LogP contribution < -0.4 is 10.2 Å². The SMILES string of the molecule is C=C(CC)c1ccc2nc(N3CCNCC3)sc2c1. The zero-order valence-corrected chi connectivity index (χ0v) is 12.1. The van der Waals surface area contributed by atoms with E-state index in [1.807, 2.05) is 0 Å². The lowest BCUT2D eigenvalue weighted by atomic mass is 10.1. The molecule has 1 N–H and O–H groups in total. The Morgan fingerprint density at radius 1 is 1.42 bits per heavy atom. The van der Waals surface area contributed by atoms with E-state index in [9.17, 15) is 0 Å². The smallest absolute Gasteiger partial charge is 0.186 e. The normalized spacial score (nSPS) is 15.9. The van der Waals surface area contributed by atoms with Crippen LogP contribution in [0.15, 0.2) is 24.8 Å². The molecule has 19 heavy (non-hydrogen) atoms. The van der Waals surface area contributed by atoms with Crippen molar-refractivity contribution < 1.29 is 0 Å². The maximum absolute atomic E-state index is 4.75. The minimum atomic E-state index is 0.995. The standard InChI is InChI=1S/C15H19N3S/c1-3-11(2)12-4-5-13-14(10-12)19-15(17-13)18-8-6-16-7-9-18/h4-5,10,16H,2-3,6-9H2,1H3. The van der Waals surface area contributed by atoms with Crippen molar-refractivity contribution in [2.45, 2.75) is 13.3 Å². The summed E-state index contributed by atoms with van der Waals surface area (Å²) >= 11 is 1.79. The molecule has 0 aliphatic carbocycles. The maximum atomic E-state index is 4.75. The molecule has 1 aliphatic rings. The fourth-order valence-corrected chi connectivity index (χ4v) is 3.38. The van der Waals surface area contributed by atoms with Crippen LogP contribution in [0.2, 0.25) is 0 Å². The molecule has 3 rings (SSSR count). The Bertz CT molecular complexity index is 596. The van der Waals surface area contributed by atoms with E-state index in [1.54, 1.807) is 11.3 Å². The minimum absolute atomic E-state index is 0.995. The molecule has 1 aliphatic heterocycles. The van der Waals surface area contributed by atoms with Gasteiger partial charge in [-0.2, -0.15) is 0 Å². The number of thiazole rings is 1. The largest absolute Gasteiger partial charge is 0.346 e. The quantitative estimate of drug-likeness (QED) is 0.931. The summed E-state index contributed by atoms with van der Waals surface area (Å²) in [5.74, 6) is 0. The van der Waals surface area contributed by atoms with Crippen LogP contribution in [0.3, 0.4) is 0 Å². The average molecular weight is 273 g/mol. The van der Waals surface area contributed by atoms with Crippen molar-refractivity contribution in [3.05, 3.63) is 30.3 Å². The first kappa shape index (κ1) is 12.6. The van der Waals surface area contributed by atoms with Crippen molar-refractivity contribution in [2.75, 3.05) is 31.1 Å². The Morgan fingerprint density at radius 2 is 2.21 bits per heavy atom. The number of hydrogen-bond acceptors (Lipinski definition) is 4. The van der Waals surface area contributed by atoms with E-state index >= 15 is 0 Å². The molecule has 4 heteroatoms. The first-order valence-electron chi connectivity index (χ1n) is 6.82. The highest BCUT2D eigenvalue weighted by Gasteiger charge is 2.14. The third-order valence-corrected chi connectivity index (χ3v) is 4.68. The number of piperazine rings is 1. The predicted octanol–water partition coefficient (Wildman–Crippen LogP) is 3.13. The molecular formula is C15H19N3S. The van der Waals surface area contributed by atoms with Crippen LogP contribution in [0.5, 0.6) is 0 Å². The van der Waals surface area contributed by atoms with E-state index in [1.165, 1.54) is 15.8 Å². The van der Waals surface area contributed by atoms with E-state index in [-0.39, 0.29) is 0 Å². The molecule has 1 saturated heterocycles. The summed E-state index contributed by atoms with van der Waals surface area (Å²) in [7, 11) is 0. The van der Waals surface area contributed by atoms with Gasteiger partial charge in [0, 0.05) is 26.2 Å². The van der Waals surface area contributed by atoms with E-state index in [4.69, 9.17) is 4.98 Å². The number of benzene rings is 1. The van der Waals surface area contributed by atoms with E-state index in [2.05, 4.69) is 41.9 Å². The molecule has 0 atom stereocenters. The van der Waals surface area contributed by atoms with Gasteiger partial charge in [0.1, 0.15) is 0 Å². The average Bonchev–Trinajstić information content (AvgIpc) is 2.90. The molecular weight excluding hydrogens is 254 g/mol. The van der Waals surface area contributed by atoms with Gasteiger partial charge in [-0.1, -0.05) is 30.9 Å². The molecule has 0 saturated carbocycles. The second-order valence-electron chi connectivity index (χ2n) is 4.87. The molecule has 0 unspecified atom stereocenters. The Kier molecular flexibility index (Phi) is 3.53. The third-order valence-electron chi connectivity index (χ3n) is 3.60. The number of nitrogens with zero attached hydrogens (tertiary/aromatic N) is 2. The van der Waals surface area contributed by atoms with Crippen molar-refractivity contribution in [1.82, 2.24) is 10.3 Å². The van der Waals surface area contributed by atoms with Gasteiger partial charge in [0.2, 0.25) is 0 Å². The van der Waals surface area contributed by atoms with Gasteiger partial charge in [-0.15, -0.1) is 0 Å². The Hall–Kier alpha value is -1.39. The van der Waals surface area contributed by atoms with E-state index in [0.717, 1.165) is 43.2 Å². The van der Waals surface area contributed by atoms with Crippen LogP contribution in [0.1, 0.15) is 18.9 Å². The first-order valence-corrected chi connectivity index (χ1v) is 7.64. The number of fused-ring (bicyclic) bond motifs is 1. The number of nitrogens with one attached hydrogen (secondary N) is 1. The fourth-order valence-electron chi connectivity index (χ4n) is 2.33. The van der Waals surface area contributed by atoms with Gasteiger partial charge >= 0.3 is 0 Å². The lowest BCUT2D eigenvalue weighted by molar-refractivity contribution is 0.588. The minimum Gasteiger partial charge on any atom is -0.346 e. The number of rotatable bonds is 3. The summed E-state index contributed by atoms with van der Waals surface area (Å²) < 4.78 is 1.26. The highest BCUT2D eigenvalue weighted by molar-refractivity contribution is 7.22. The molecule has 0 spiro atoms. The van der Waals surface area contributed by atoms with Crippen molar-refractivity contribution in [1.29, 1.82) is 0 Å². The van der Waals surface area contributed by atoms with Crippen molar-refractivity contribution >= 4 is 32.3 Å². The molecule has 2 aromatic rings. The summed E-state index contributed by atoms with van der Waals surface area (Å²) in [6, 6.07) is 6.48. The van der Waals surface area contributed by atoms with E-state index in [0.29, 0.717) is 0 Å². The van der Waals surface area contributed by atoms with Crippen molar-refractivity contribution in [2.24, 2.45) is 0 Å². The zero-order valence-electron chi connectivity index (χ0n) is 11.3. The van der Waals surface area contributed by atoms with Crippen LogP contribution in [0.25, 0.3) is 15.8 Å². The summed E-state index contributed by atoms with van der Waals surface area (Å²) in [5.41, 5.74) is 3.54. The predicted molar refractivity (Wildman–Crippen MR) is 84.0 cm³/mol. The van der Waals surface area contributed by atoms with E-state index < -0.39 is 0 Å². The van der Waals surface area contributed by atoms with Gasteiger partial charge in [0.15, 0.2) is 5.13 Å². The first-order chi connectivity index (χ1) is 9.28. The van der Waals surface area contributed by atoms with Crippen molar-refractivity contribution in [3.8, 4) is 0 Å². The summed E-state index contributed by atoms with van der Waals surface area (Å²) in [6.45, 7) is 10.5. The van der Waals surface area contributed by atoms with Gasteiger partial charge in [-0.05, 0) is 29.7 Å². The Balaban J connectivity index is 1.93. The zero-order chi connectivity index (χ0) is 13.2. The molecule has 2 heterocycles. The second kappa shape index (κ2) is 5.31. The Labute approximate surface area is 118 Å². The van der Waals surface area contributed by atoms with Crippen molar-refractivity contribution in [3.63, 3.8) is 0 Å². The lowest BCUT2D eigenvalue weighted by Gasteiger charge is -2.26. The molecule has 0 amide bonds. The molecule has 1 aromatic heterocycles. The molecule has 0 radical (unpaired) electrons. The van der Waals surface area contributed by atoms with Crippen LogP contribution in [-0.4, -0.2) is 31.2 Å². The highest BCUT2D eigenvalue weighted by Crippen LogP contribution is 2.31. The number of anilines is 1. The third kappa shape index (κ3) is 2.51. The highest BCUT2D eigenvalue weighted by atomic mass is 32.1. The number of aromatic nitrogens is 1. The number of allylic oxidation sites excluding steroid dienone is 1. The molecule has 0 bridgehead atoms. The maximum Gasteiger partial charge on any atom is 0.186 e. The number of hydrogen-bond donors (Lipinski definition) is 1. The van der Waals surface area contributed by atoms with Gasteiger partial charge in [-0.25, -0.2) is 4.98 Å². The van der Waals surface area contributed by atoms with Gasteiger partial charge < -0.3 is 10.2 Å². The molecule has 1 aromatic carbocycles. The topological polar surface area (TPSA) is 28.2 Å². The van der Waals surface area contributed by atoms with Gasteiger partial charge in [0.05, 0.1) is 10.2 Å². The Morgan fingerprint density at radius 3 is 2.95 bits per heavy atom. The molecule has 100 valence electrons. The molecule has 1 fully saturated rings. The van der Waals surface area contributed by atoms with Crippen LogP contribution in [-0.2, 0) is 0 Å². The fraction of sp³-hybridized carbons (Fsp3) is 0.400. The second-order valence-corrected chi connectivity index (χ2v) is 5.88. The van der Waals surface area contributed by atoms with Gasteiger partial charge in [0.25, 0.3) is 0 Å². The monoisotopic (exact) mass is 273 g/mol. The van der Waals surface area contributed by atoms with Gasteiger partial charge in [-0.3, -0.25) is 0 Å². The molecule has 3 nitrogen and oxygen atoms in total. The van der Waals surface area contributed by atoms with Crippen LogP contribution in [0, 0.1) is 0 Å². The van der Waals surface area contributed by atoms with Crippen LogP contribution >= 0.6 is 11.3 Å². The lowest BCUT2D eigenvalue weighted by Crippen LogP contribution is -2.43. The summed E-state index contributed by atoms with van der Waals surface area (Å²) in [5, 5.41) is 4.52. The summed E-state index contributed by atoms with van der Waals surface area (Å²) in [6.07, 6.45) is 0.995. The summed E-state index contributed by atoms with van der Waals surface area (Å²) in [4.78, 5) is 7.12. The van der Waals surface area contributed by atoms with Crippen LogP contribution in [0.4, 0.5) is 5.13 Å².